The van der Waals surface area contributed by atoms with Crippen molar-refractivity contribution in [2.45, 2.75) is 58.1 Å². The Balaban J connectivity index is 1.75. The zero-order valence-corrected chi connectivity index (χ0v) is 19.0. The molecule has 11 heteroatoms. The van der Waals surface area contributed by atoms with E-state index in [-0.39, 0.29) is 54.3 Å². The van der Waals surface area contributed by atoms with Crippen LogP contribution in [0, 0.1) is 0 Å². The maximum absolute atomic E-state index is 12.5. The minimum Gasteiger partial charge on any atom is -0.462 e. The molecule has 0 saturated carbocycles. The Hall–Kier alpha value is -2.27. The number of aromatic nitrogens is 2. The summed E-state index contributed by atoms with van der Waals surface area (Å²) in [6, 6.07) is 0. The number of esters is 1. The van der Waals surface area contributed by atoms with Crippen LogP contribution in [-0.4, -0.2) is 42.8 Å². The number of nitrogens with zero attached hydrogens (tertiary/aromatic N) is 2. The van der Waals surface area contributed by atoms with Gasteiger partial charge in [-0.2, -0.15) is 4.98 Å². The number of hydrogen-bond donors (Lipinski definition) is 1. The number of amides is 1. The van der Waals surface area contributed by atoms with Crippen LogP contribution in [0.25, 0.3) is 0 Å². The minimum absolute atomic E-state index is 0.0240. The smallest absolute Gasteiger partial charge is 0.341 e. The highest BCUT2D eigenvalue weighted by Crippen LogP contribution is 2.38. The van der Waals surface area contributed by atoms with Gasteiger partial charge in [-0.1, -0.05) is 25.9 Å². The molecule has 0 atom stereocenters. The highest BCUT2D eigenvalue weighted by Gasteiger charge is 2.32. The summed E-state index contributed by atoms with van der Waals surface area (Å²) >= 11 is 1.11. The lowest BCUT2D eigenvalue weighted by molar-refractivity contribution is -0.116. The summed E-state index contributed by atoms with van der Waals surface area (Å²) < 4.78 is 34.2. The Morgan fingerprint density at radius 2 is 2.03 bits per heavy atom. The van der Waals surface area contributed by atoms with E-state index in [0.29, 0.717) is 27.2 Å². The van der Waals surface area contributed by atoms with Crippen LogP contribution in [0.3, 0.4) is 0 Å². The third kappa shape index (κ3) is 5.07. The van der Waals surface area contributed by atoms with Crippen LogP contribution in [0.5, 0.6) is 0 Å². The van der Waals surface area contributed by atoms with E-state index in [9.17, 15) is 18.0 Å². The van der Waals surface area contributed by atoms with Crippen molar-refractivity contribution in [3.63, 3.8) is 0 Å². The second kappa shape index (κ2) is 8.46. The molecule has 0 aliphatic carbocycles. The van der Waals surface area contributed by atoms with E-state index < -0.39 is 15.8 Å². The first kappa shape index (κ1) is 22.4. The van der Waals surface area contributed by atoms with Gasteiger partial charge in [0, 0.05) is 23.1 Å². The Kier molecular flexibility index (Phi) is 6.32. The van der Waals surface area contributed by atoms with Gasteiger partial charge in [0.15, 0.2) is 15.7 Å². The molecular formula is C19H25N3O6S2. The molecule has 0 radical (unpaired) electrons. The standard InChI is InChI=1S/C19H25N3O6S2/c1-5-27-17(24)15-11-8-9-30(25,26)10-12(11)29-16(15)20-13(23)6-7-14-21-18(22-28-14)19(2,3)4/h5-10H2,1-4H3,(H,20,23). The summed E-state index contributed by atoms with van der Waals surface area (Å²) in [7, 11) is -3.20. The highest BCUT2D eigenvalue weighted by molar-refractivity contribution is 7.90. The Morgan fingerprint density at radius 3 is 2.67 bits per heavy atom. The van der Waals surface area contributed by atoms with E-state index in [1.807, 2.05) is 20.8 Å². The van der Waals surface area contributed by atoms with Gasteiger partial charge in [0.1, 0.15) is 5.00 Å². The number of thiophene rings is 1. The van der Waals surface area contributed by atoms with E-state index in [1.54, 1.807) is 6.92 Å². The van der Waals surface area contributed by atoms with Gasteiger partial charge in [-0.15, -0.1) is 11.3 Å². The quantitative estimate of drug-likeness (QED) is 0.658. The average molecular weight is 456 g/mol. The number of ether oxygens (including phenoxy) is 1. The van der Waals surface area contributed by atoms with Gasteiger partial charge in [0.25, 0.3) is 0 Å². The van der Waals surface area contributed by atoms with Crippen molar-refractivity contribution in [1.29, 1.82) is 0 Å². The number of anilines is 1. The van der Waals surface area contributed by atoms with Gasteiger partial charge < -0.3 is 14.6 Å². The summed E-state index contributed by atoms with van der Waals surface area (Å²) in [6.07, 6.45) is 0.563. The first-order chi connectivity index (χ1) is 14.0. The van der Waals surface area contributed by atoms with Gasteiger partial charge in [-0.3, -0.25) is 4.79 Å². The molecule has 0 spiro atoms. The van der Waals surface area contributed by atoms with Crippen LogP contribution in [0.4, 0.5) is 5.00 Å². The third-order valence-electron chi connectivity index (χ3n) is 4.54. The molecule has 1 aliphatic heterocycles. The molecule has 1 aliphatic rings. The van der Waals surface area contributed by atoms with E-state index in [2.05, 4.69) is 15.5 Å². The number of fused-ring (bicyclic) bond motifs is 1. The number of sulfone groups is 1. The monoisotopic (exact) mass is 455 g/mol. The predicted octanol–water partition coefficient (Wildman–Crippen LogP) is 2.65. The number of rotatable bonds is 6. The number of nitrogens with one attached hydrogen (secondary N) is 1. The molecule has 1 amide bonds. The molecule has 0 aromatic carbocycles. The maximum Gasteiger partial charge on any atom is 0.341 e. The molecule has 2 aromatic rings. The van der Waals surface area contributed by atoms with Crippen LogP contribution >= 0.6 is 11.3 Å². The predicted molar refractivity (Wildman–Crippen MR) is 111 cm³/mol. The largest absolute Gasteiger partial charge is 0.462 e. The van der Waals surface area contributed by atoms with Gasteiger partial charge in [-0.25, -0.2) is 13.2 Å². The molecule has 30 heavy (non-hydrogen) atoms. The fraction of sp³-hybridized carbons (Fsp3) is 0.579. The van der Waals surface area contributed by atoms with Crippen LogP contribution in [0.15, 0.2) is 4.52 Å². The van der Waals surface area contributed by atoms with E-state index in [1.165, 1.54) is 0 Å². The highest BCUT2D eigenvalue weighted by atomic mass is 32.2. The molecule has 2 aromatic heterocycles. The van der Waals surface area contributed by atoms with Gasteiger partial charge >= 0.3 is 5.97 Å². The van der Waals surface area contributed by atoms with Crippen molar-refractivity contribution in [3.8, 4) is 0 Å². The minimum atomic E-state index is -3.20. The summed E-state index contributed by atoms with van der Waals surface area (Å²) in [4.78, 5) is 29.8. The SMILES string of the molecule is CCOC(=O)c1c(NC(=O)CCc2nc(C(C)(C)C)no2)sc2c1CCS(=O)(=O)C2. The average Bonchev–Trinajstić information content (AvgIpc) is 3.23. The zero-order chi connectivity index (χ0) is 22.1. The van der Waals surface area contributed by atoms with Crippen molar-refractivity contribution in [2.24, 2.45) is 0 Å². The summed E-state index contributed by atoms with van der Waals surface area (Å²) in [5.41, 5.74) is 0.651. The van der Waals surface area contributed by atoms with Crippen molar-refractivity contribution in [1.82, 2.24) is 10.1 Å². The second-order valence-corrected chi connectivity index (χ2v) is 11.4. The molecule has 1 N–H and O–H groups in total. The van der Waals surface area contributed by atoms with Crippen molar-refractivity contribution >= 4 is 38.1 Å². The van der Waals surface area contributed by atoms with Crippen LogP contribution < -0.4 is 5.32 Å². The molecule has 0 bridgehead atoms. The number of carbonyl (C=O) groups is 2. The molecular weight excluding hydrogens is 430 g/mol. The second-order valence-electron chi connectivity index (χ2n) is 8.08. The first-order valence-electron chi connectivity index (χ1n) is 9.65. The van der Waals surface area contributed by atoms with Crippen molar-refractivity contribution < 1.29 is 27.3 Å². The molecule has 164 valence electrons. The molecule has 0 unspecified atom stereocenters. The van der Waals surface area contributed by atoms with E-state index in [4.69, 9.17) is 9.26 Å². The number of carbonyl (C=O) groups excluding carboxylic acids is 2. The van der Waals surface area contributed by atoms with Crippen LogP contribution in [-0.2, 0) is 43.4 Å². The zero-order valence-electron chi connectivity index (χ0n) is 17.4. The fourth-order valence-electron chi connectivity index (χ4n) is 3.00. The first-order valence-corrected chi connectivity index (χ1v) is 12.3. The topological polar surface area (TPSA) is 128 Å². The molecule has 0 fully saturated rings. The summed E-state index contributed by atoms with van der Waals surface area (Å²) in [5, 5.41) is 6.99. The van der Waals surface area contributed by atoms with Crippen molar-refractivity contribution in [3.05, 3.63) is 27.7 Å². The Morgan fingerprint density at radius 1 is 1.30 bits per heavy atom. The molecule has 0 saturated heterocycles. The Bertz CT molecular complexity index is 1060. The van der Waals surface area contributed by atoms with E-state index >= 15 is 0 Å². The summed E-state index contributed by atoms with van der Waals surface area (Å²) in [5.74, 6) is -0.128. The number of hydrogen-bond acceptors (Lipinski definition) is 9. The normalized spacial score (nSPS) is 15.5. The number of aryl methyl sites for hydroxylation is 1. The van der Waals surface area contributed by atoms with Gasteiger partial charge in [0.2, 0.25) is 11.8 Å². The van der Waals surface area contributed by atoms with E-state index in [0.717, 1.165) is 11.3 Å². The molecule has 3 rings (SSSR count). The van der Waals surface area contributed by atoms with Crippen molar-refractivity contribution in [2.75, 3.05) is 17.7 Å². The summed E-state index contributed by atoms with van der Waals surface area (Å²) in [6.45, 7) is 7.76. The maximum atomic E-state index is 12.5. The lowest BCUT2D eigenvalue weighted by Crippen LogP contribution is -2.20. The lowest BCUT2D eigenvalue weighted by atomic mass is 9.96. The molecule has 9 nitrogen and oxygen atoms in total. The fourth-order valence-corrected chi connectivity index (χ4v) is 6.06. The third-order valence-corrected chi connectivity index (χ3v) is 7.43. The molecule has 3 heterocycles. The Labute approximate surface area is 179 Å². The van der Waals surface area contributed by atoms with Crippen LogP contribution in [0.2, 0.25) is 0 Å². The van der Waals surface area contributed by atoms with Gasteiger partial charge in [0.05, 0.1) is 23.7 Å². The van der Waals surface area contributed by atoms with Crippen LogP contribution in [0.1, 0.15) is 66.6 Å². The lowest BCUT2D eigenvalue weighted by Gasteiger charge is -2.13. The van der Waals surface area contributed by atoms with Gasteiger partial charge in [-0.05, 0) is 18.9 Å².